The van der Waals surface area contributed by atoms with Crippen molar-refractivity contribution in [3.05, 3.63) is 29.6 Å². The standard InChI is InChI=1S/C9H14N2O/c1-7-5-11-4-3-8(7)9(2,10)6-12/h3-5,12H,6,10H2,1-2H3/t9-/m1/s1. The minimum absolute atomic E-state index is 0.0577. The van der Waals surface area contributed by atoms with E-state index in [1.807, 2.05) is 13.0 Å². The minimum Gasteiger partial charge on any atom is -0.394 e. The Morgan fingerprint density at radius 3 is 2.83 bits per heavy atom. The number of aliphatic hydroxyl groups is 1. The van der Waals surface area contributed by atoms with Crippen molar-refractivity contribution in [2.75, 3.05) is 6.61 Å². The fraction of sp³-hybridized carbons (Fsp3) is 0.444. The molecule has 0 amide bonds. The SMILES string of the molecule is Cc1cnccc1[C@](C)(N)CO. The molecule has 0 fully saturated rings. The molecule has 0 aliphatic carbocycles. The third-order valence-electron chi connectivity index (χ3n) is 1.96. The molecule has 0 saturated carbocycles. The Balaban J connectivity index is 3.10. The highest BCUT2D eigenvalue weighted by Gasteiger charge is 2.21. The number of pyridine rings is 1. The molecule has 1 aromatic rings. The number of aliphatic hydroxyl groups excluding tert-OH is 1. The molecule has 0 aromatic carbocycles. The Morgan fingerprint density at radius 2 is 2.33 bits per heavy atom. The minimum atomic E-state index is -0.660. The normalized spacial score (nSPS) is 15.7. The summed E-state index contributed by atoms with van der Waals surface area (Å²) in [6.45, 7) is 3.68. The lowest BCUT2D eigenvalue weighted by Crippen LogP contribution is -2.37. The lowest BCUT2D eigenvalue weighted by molar-refractivity contribution is 0.209. The molecular weight excluding hydrogens is 152 g/mol. The number of rotatable bonds is 2. The molecule has 1 heterocycles. The van der Waals surface area contributed by atoms with Crippen LogP contribution in [0.1, 0.15) is 18.1 Å². The van der Waals surface area contributed by atoms with Gasteiger partial charge in [-0.15, -0.1) is 0 Å². The molecule has 1 atom stereocenters. The molecule has 3 N–H and O–H groups in total. The highest BCUT2D eigenvalue weighted by Crippen LogP contribution is 2.19. The van der Waals surface area contributed by atoms with E-state index in [1.54, 1.807) is 19.3 Å². The van der Waals surface area contributed by atoms with E-state index in [9.17, 15) is 0 Å². The van der Waals surface area contributed by atoms with Gasteiger partial charge in [-0.2, -0.15) is 0 Å². The van der Waals surface area contributed by atoms with E-state index in [2.05, 4.69) is 4.98 Å². The highest BCUT2D eigenvalue weighted by molar-refractivity contribution is 5.28. The topological polar surface area (TPSA) is 59.1 Å². The first-order valence-corrected chi connectivity index (χ1v) is 3.89. The fourth-order valence-corrected chi connectivity index (χ4v) is 1.20. The van der Waals surface area contributed by atoms with Crippen molar-refractivity contribution in [3.8, 4) is 0 Å². The van der Waals surface area contributed by atoms with Crippen LogP contribution in [0.5, 0.6) is 0 Å². The number of hydrogen-bond donors (Lipinski definition) is 2. The number of nitrogens with zero attached hydrogens (tertiary/aromatic N) is 1. The molecule has 0 spiro atoms. The molecule has 0 aliphatic rings. The van der Waals surface area contributed by atoms with Gasteiger partial charge < -0.3 is 10.8 Å². The van der Waals surface area contributed by atoms with Crippen LogP contribution < -0.4 is 5.73 Å². The van der Waals surface area contributed by atoms with Gasteiger partial charge in [0.25, 0.3) is 0 Å². The van der Waals surface area contributed by atoms with Crippen LogP contribution in [-0.4, -0.2) is 16.7 Å². The van der Waals surface area contributed by atoms with Crippen LogP contribution in [0, 0.1) is 6.92 Å². The van der Waals surface area contributed by atoms with E-state index in [-0.39, 0.29) is 6.61 Å². The monoisotopic (exact) mass is 166 g/mol. The first-order valence-electron chi connectivity index (χ1n) is 3.89. The zero-order valence-electron chi connectivity index (χ0n) is 7.41. The predicted octanol–water partition coefficient (Wildman–Crippen LogP) is 0.556. The first kappa shape index (κ1) is 9.16. The fourth-order valence-electron chi connectivity index (χ4n) is 1.20. The van der Waals surface area contributed by atoms with Crippen LogP contribution in [0.25, 0.3) is 0 Å². The summed E-state index contributed by atoms with van der Waals surface area (Å²) in [5, 5.41) is 9.03. The number of aryl methyl sites for hydroxylation is 1. The quantitative estimate of drug-likeness (QED) is 0.674. The Labute approximate surface area is 72.2 Å². The van der Waals surface area contributed by atoms with Gasteiger partial charge in [0.2, 0.25) is 0 Å². The molecule has 0 aliphatic heterocycles. The van der Waals surface area contributed by atoms with Gasteiger partial charge in [0.15, 0.2) is 0 Å². The predicted molar refractivity (Wildman–Crippen MR) is 47.6 cm³/mol. The van der Waals surface area contributed by atoms with Crippen LogP contribution in [-0.2, 0) is 5.54 Å². The maximum atomic E-state index is 9.03. The Kier molecular flexibility index (Phi) is 2.45. The van der Waals surface area contributed by atoms with Crippen LogP contribution in [0.15, 0.2) is 18.5 Å². The van der Waals surface area contributed by atoms with Gasteiger partial charge >= 0.3 is 0 Å². The average molecular weight is 166 g/mol. The second-order valence-corrected chi connectivity index (χ2v) is 3.27. The van der Waals surface area contributed by atoms with Crippen molar-refractivity contribution in [1.29, 1.82) is 0 Å². The molecule has 3 nitrogen and oxygen atoms in total. The van der Waals surface area contributed by atoms with Gasteiger partial charge in [0, 0.05) is 12.4 Å². The summed E-state index contributed by atoms with van der Waals surface area (Å²) in [4.78, 5) is 3.96. The number of aromatic nitrogens is 1. The smallest absolute Gasteiger partial charge is 0.0650 e. The van der Waals surface area contributed by atoms with Gasteiger partial charge in [-0.25, -0.2) is 0 Å². The summed E-state index contributed by atoms with van der Waals surface area (Å²) in [5.74, 6) is 0. The average Bonchev–Trinajstić information content (AvgIpc) is 2.05. The third-order valence-corrected chi connectivity index (χ3v) is 1.96. The maximum absolute atomic E-state index is 9.03. The molecule has 0 bridgehead atoms. The molecule has 3 heteroatoms. The molecule has 1 aromatic heterocycles. The molecular formula is C9H14N2O. The second-order valence-electron chi connectivity index (χ2n) is 3.27. The van der Waals surface area contributed by atoms with Crippen molar-refractivity contribution in [3.63, 3.8) is 0 Å². The van der Waals surface area contributed by atoms with Crippen molar-refractivity contribution < 1.29 is 5.11 Å². The molecule has 66 valence electrons. The lowest BCUT2D eigenvalue weighted by Gasteiger charge is -2.23. The summed E-state index contributed by atoms with van der Waals surface area (Å²) in [6.07, 6.45) is 3.43. The Hall–Kier alpha value is -0.930. The molecule has 1 rings (SSSR count). The highest BCUT2D eigenvalue weighted by atomic mass is 16.3. The summed E-state index contributed by atoms with van der Waals surface area (Å²) in [5.41, 5.74) is 7.16. The first-order chi connectivity index (χ1) is 5.58. The van der Waals surface area contributed by atoms with E-state index in [0.29, 0.717) is 0 Å². The Morgan fingerprint density at radius 1 is 1.67 bits per heavy atom. The summed E-state index contributed by atoms with van der Waals surface area (Å²) < 4.78 is 0. The summed E-state index contributed by atoms with van der Waals surface area (Å²) in [6, 6.07) is 1.84. The molecule has 0 radical (unpaired) electrons. The van der Waals surface area contributed by atoms with Crippen LogP contribution in [0.3, 0.4) is 0 Å². The van der Waals surface area contributed by atoms with Gasteiger partial charge in [-0.1, -0.05) is 0 Å². The lowest BCUT2D eigenvalue weighted by atomic mass is 9.92. The van der Waals surface area contributed by atoms with Crippen LogP contribution >= 0.6 is 0 Å². The van der Waals surface area contributed by atoms with Crippen LogP contribution in [0.2, 0.25) is 0 Å². The Bertz CT molecular complexity index is 271. The van der Waals surface area contributed by atoms with E-state index in [0.717, 1.165) is 11.1 Å². The van der Waals surface area contributed by atoms with E-state index < -0.39 is 5.54 Å². The van der Waals surface area contributed by atoms with Crippen molar-refractivity contribution >= 4 is 0 Å². The zero-order valence-corrected chi connectivity index (χ0v) is 7.41. The van der Waals surface area contributed by atoms with Gasteiger partial charge in [-0.05, 0) is 31.0 Å². The van der Waals surface area contributed by atoms with Crippen molar-refractivity contribution in [2.45, 2.75) is 19.4 Å². The van der Waals surface area contributed by atoms with E-state index in [1.165, 1.54) is 0 Å². The maximum Gasteiger partial charge on any atom is 0.0650 e. The van der Waals surface area contributed by atoms with Crippen molar-refractivity contribution in [2.24, 2.45) is 5.73 Å². The summed E-state index contributed by atoms with van der Waals surface area (Å²) >= 11 is 0. The molecule has 0 saturated heterocycles. The summed E-state index contributed by atoms with van der Waals surface area (Å²) in [7, 11) is 0. The van der Waals surface area contributed by atoms with Crippen LogP contribution in [0.4, 0.5) is 0 Å². The van der Waals surface area contributed by atoms with Gasteiger partial charge in [0.1, 0.15) is 0 Å². The number of nitrogens with two attached hydrogens (primary N) is 1. The third kappa shape index (κ3) is 1.62. The largest absolute Gasteiger partial charge is 0.394 e. The van der Waals surface area contributed by atoms with E-state index >= 15 is 0 Å². The number of hydrogen-bond acceptors (Lipinski definition) is 3. The zero-order chi connectivity index (χ0) is 9.19. The second kappa shape index (κ2) is 3.21. The van der Waals surface area contributed by atoms with Gasteiger partial charge in [0.05, 0.1) is 12.1 Å². The molecule has 12 heavy (non-hydrogen) atoms. The van der Waals surface area contributed by atoms with Crippen molar-refractivity contribution in [1.82, 2.24) is 4.98 Å². The van der Waals surface area contributed by atoms with E-state index in [4.69, 9.17) is 10.8 Å². The van der Waals surface area contributed by atoms with Gasteiger partial charge in [-0.3, -0.25) is 4.98 Å². The molecule has 0 unspecified atom stereocenters.